The van der Waals surface area contributed by atoms with Crippen molar-refractivity contribution >= 4 is 0 Å². The molecule has 0 fully saturated rings. The molecule has 1 unspecified atom stereocenters. The molecule has 0 aliphatic rings. The van der Waals surface area contributed by atoms with Crippen LogP contribution in [0.5, 0.6) is 0 Å². The molecule has 0 spiro atoms. The molecule has 84 valence electrons. The van der Waals surface area contributed by atoms with Crippen LogP contribution in [0.3, 0.4) is 0 Å². The average molecular weight is 208 g/mol. The van der Waals surface area contributed by atoms with Crippen LogP contribution < -0.4 is 5.32 Å². The van der Waals surface area contributed by atoms with E-state index in [4.69, 9.17) is 4.74 Å². The van der Waals surface area contributed by atoms with Crippen LogP contribution >= 0.6 is 0 Å². The zero-order chi connectivity index (χ0) is 11.1. The van der Waals surface area contributed by atoms with Gasteiger partial charge in [-0.05, 0) is 17.5 Å². The van der Waals surface area contributed by atoms with Gasteiger partial charge in [-0.1, -0.05) is 19.9 Å². The topological polar surface area (TPSA) is 34.1 Å². The van der Waals surface area contributed by atoms with Crippen LogP contribution in [-0.2, 0) is 11.3 Å². The Morgan fingerprint density at radius 1 is 1.47 bits per heavy atom. The molecule has 0 aromatic carbocycles. The van der Waals surface area contributed by atoms with Crippen LogP contribution in [0.15, 0.2) is 24.5 Å². The van der Waals surface area contributed by atoms with Gasteiger partial charge in [-0.3, -0.25) is 4.98 Å². The van der Waals surface area contributed by atoms with E-state index in [2.05, 4.69) is 30.2 Å². The number of nitrogens with one attached hydrogen (secondary N) is 1. The van der Waals surface area contributed by atoms with Gasteiger partial charge in [-0.2, -0.15) is 0 Å². The highest BCUT2D eigenvalue weighted by molar-refractivity contribution is 5.08. The molecule has 1 atom stereocenters. The van der Waals surface area contributed by atoms with Crippen LogP contribution in [0.2, 0.25) is 0 Å². The summed E-state index contributed by atoms with van der Waals surface area (Å²) in [4.78, 5) is 4.08. The quantitative estimate of drug-likeness (QED) is 0.774. The summed E-state index contributed by atoms with van der Waals surface area (Å²) >= 11 is 0. The highest BCUT2D eigenvalue weighted by atomic mass is 16.5. The Kier molecular flexibility index (Phi) is 5.29. The van der Waals surface area contributed by atoms with E-state index in [-0.39, 0.29) is 0 Å². The van der Waals surface area contributed by atoms with Gasteiger partial charge in [0.1, 0.15) is 0 Å². The molecule has 1 aromatic heterocycles. The predicted molar refractivity (Wildman–Crippen MR) is 61.6 cm³/mol. The lowest BCUT2D eigenvalue weighted by Gasteiger charge is -2.21. The van der Waals surface area contributed by atoms with Crippen molar-refractivity contribution in [3.05, 3.63) is 30.1 Å². The van der Waals surface area contributed by atoms with Crippen molar-refractivity contribution in [1.82, 2.24) is 10.3 Å². The Balaban J connectivity index is 2.40. The van der Waals surface area contributed by atoms with E-state index in [1.54, 1.807) is 13.3 Å². The third kappa shape index (κ3) is 4.40. The molecule has 15 heavy (non-hydrogen) atoms. The lowest BCUT2D eigenvalue weighted by molar-refractivity contribution is 0.146. The maximum Gasteiger partial charge on any atom is 0.0618 e. The maximum atomic E-state index is 5.18. The molecule has 0 saturated heterocycles. The van der Waals surface area contributed by atoms with E-state index in [1.165, 1.54) is 5.56 Å². The first-order valence-electron chi connectivity index (χ1n) is 5.35. The second kappa shape index (κ2) is 6.53. The summed E-state index contributed by atoms with van der Waals surface area (Å²) in [5.74, 6) is 0.571. The second-order valence-electron chi connectivity index (χ2n) is 4.05. The number of pyridine rings is 1. The number of ether oxygens (including phenoxy) is 1. The van der Waals surface area contributed by atoms with Crippen molar-refractivity contribution in [2.45, 2.75) is 26.4 Å². The van der Waals surface area contributed by atoms with Crippen LogP contribution in [0, 0.1) is 5.92 Å². The van der Waals surface area contributed by atoms with E-state index in [0.29, 0.717) is 12.0 Å². The normalized spacial score (nSPS) is 13.1. The van der Waals surface area contributed by atoms with Gasteiger partial charge in [-0.25, -0.2) is 0 Å². The number of methoxy groups -OCH3 is 1. The molecule has 0 saturated carbocycles. The summed E-state index contributed by atoms with van der Waals surface area (Å²) in [6.07, 6.45) is 3.68. The molecule has 3 nitrogen and oxygen atoms in total. The van der Waals surface area contributed by atoms with Gasteiger partial charge in [0, 0.05) is 32.1 Å². The zero-order valence-electron chi connectivity index (χ0n) is 9.73. The Morgan fingerprint density at radius 2 is 2.27 bits per heavy atom. The highest BCUT2D eigenvalue weighted by Crippen LogP contribution is 2.04. The van der Waals surface area contributed by atoms with Crippen LogP contribution in [0.4, 0.5) is 0 Å². The molecule has 1 heterocycles. The van der Waals surface area contributed by atoms with Crippen molar-refractivity contribution < 1.29 is 4.74 Å². The van der Waals surface area contributed by atoms with Gasteiger partial charge in [-0.15, -0.1) is 0 Å². The maximum absolute atomic E-state index is 5.18. The molecule has 3 heteroatoms. The number of hydrogen-bond donors (Lipinski definition) is 1. The van der Waals surface area contributed by atoms with Gasteiger partial charge in [0.05, 0.1) is 6.61 Å². The van der Waals surface area contributed by atoms with Crippen LogP contribution in [0.25, 0.3) is 0 Å². The van der Waals surface area contributed by atoms with E-state index in [1.807, 2.05) is 12.3 Å². The molecular formula is C12H20N2O. The first-order valence-corrected chi connectivity index (χ1v) is 5.35. The minimum atomic E-state index is 0.398. The van der Waals surface area contributed by atoms with E-state index in [9.17, 15) is 0 Å². The predicted octanol–water partition coefficient (Wildman–Crippen LogP) is 1.84. The Labute approximate surface area is 91.9 Å². The summed E-state index contributed by atoms with van der Waals surface area (Å²) in [7, 11) is 1.74. The second-order valence-corrected chi connectivity index (χ2v) is 4.05. The first-order chi connectivity index (χ1) is 7.24. The summed E-state index contributed by atoms with van der Waals surface area (Å²) < 4.78 is 5.18. The molecule has 0 amide bonds. The third-order valence-corrected chi connectivity index (χ3v) is 2.44. The zero-order valence-corrected chi connectivity index (χ0v) is 9.73. The Hall–Kier alpha value is -0.930. The number of rotatable bonds is 6. The SMILES string of the molecule is COCC(NCc1cccnc1)C(C)C. The summed E-state index contributed by atoms with van der Waals surface area (Å²) in [5, 5.41) is 3.47. The number of aromatic nitrogens is 1. The molecule has 1 rings (SSSR count). The van der Waals surface area contributed by atoms with Crippen LogP contribution in [-0.4, -0.2) is 24.7 Å². The molecule has 0 aliphatic carbocycles. The molecule has 0 bridgehead atoms. The van der Waals surface area contributed by atoms with Gasteiger partial charge >= 0.3 is 0 Å². The summed E-state index contributed by atoms with van der Waals surface area (Å²) in [6, 6.07) is 4.43. The van der Waals surface area contributed by atoms with E-state index in [0.717, 1.165) is 13.2 Å². The minimum absolute atomic E-state index is 0.398. The van der Waals surface area contributed by atoms with Gasteiger partial charge < -0.3 is 10.1 Å². The minimum Gasteiger partial charge on any atom is -0.383 e. The lowest BCUT2D eigenvalue weighted by Crippen LogP contribution is -2.37. The van der Waals surface area contributed by atoms with Crippen LogP contribution in [0.1, 0.15) is 19.4 Å². The van der Waals surface area contributed by atoms with E-state index >= 15 is 0 Å². The summed E-state index contributed by atoms with van der Waals surface area (Å²) in [6.45, 7) is 5.98. The van der Waals surface area contributed by atoms with Crippen molar-refractivity contribution in [1.29, 1.82) is 0 Å². The molecule has 0 aliphatic heterocycles. The molecule has 0 radical (unpaired) electrons. The number of nitrogens with zero attached hydrogens (tertiary/aromatic N) is 1. The van der Waals surface area contributed by atoms with Gasteiger partial charge in [0.15, 0.2) is 0 Å². The van der Waals surface area contributed by atoms with Gasteiger partial charge in [0.2, 0.25) is 0 Å². The fourth-order valence-corrected chi connectivity index (χ4v) is 1.42. The average Bonchev–Trinajstić information content (AvgIpc) is 2.25. The standard InChI is InChI=1S/C12H20N2O/c1-10(2)12(9-15-3)14-8-11-5-4-6-13-7-11/h4-7,10,12,14H,8-9H2,1-3H3. The van der Waals surface area contributed by atoms with Gasteiger partial charge in [0.25, 0.3) is 0 Å². The summed E-state index contributed by atoms with van der Waals surface area (Å²) in [5.41, 5.74) is 1.21. The molecular weight excluding hydrogens is 188 g/mol. The fraction of sp³-hybridized carbons (Fsp3) is 0.583. The number of hydrogen-bond acceptors (Lipinski definition) is 3. The molecule has 1 aromatic rings. The van der Waals surface area contributed by atoms with Crippen molar-refractivity contribution in [3.63, 3.8) is 0 Å². The Morgan fingerprint density at radius 3 is 2.80 bits per heavy atom. The largest absolute Gasteiger partial charge is 0.383 e. The van der Waals surface area contributed by atoms with Crippen molar-refractivity contribution in [3.8, 4) is 0 Å². The third-order valence-electron chi connectivity index (χ3n) is 2.44. The van der Waals surface area contributed by atoms with Crippen molar-refractivity contribution in [2.24, 2.45) is 5.92 Å². The fourth-order valence-electron chi connectivity index (χ4n) is 1.42. The van der Waals surface area contributed by atoms with Crippen molar-refractivity contribution in [2.75, 3.05) is 13.7 Å². The molecule has 1 N–H and O–H groups in total. The Bertz CT molecular complexity index is 262. The smallest absolute Gasteiger partial charge is 0.0618 e. The monoisotopic (exact) mass is 208 g/mol. The first kappa shape index (κ1) is 12.1. The highest BCUT2D eigenvalue weighted by Gasteiger charge is 2.11. The lowest BCUT2D eigenvalue weighted by atomic mass is 10.1. The van der Waals surface area contributed by atoms with E-state index < -0.39 is 0 Å².